The molecule has 0 saturated heterocycles. The minimum atomic E-state index is 0.247. The summed E-state index contributed by atoms with van der Waals surface area (Å²) in [4.78, 5) is 5.69. The van der Waals surface area contributed by atoms with Crippen LogP contribution in [-0.4, -0.2) is 16.4 Å². The first-order valence-electron chi connectivity index (χ1n) is 6.52. The Morgan fingerprint density at radius 2 is 2.30 bits per heavy atom. The van der Waals surface area contributed by atoms with E-state index in [1.54, 1.807) is 11.3 Å². The van der Waals surface area contributed by atoms with Gasteiger partial charge in [-0.25, -0.2) is 4.98 Å². The molecule has 2 heterocycles. The molecule has 0 bridgehead atoms. The Bertz CT molecular complexity index is 703. The molecular formula is C15H16ClN3S. The lowest BCUT2D eigenvalue weighted by Gasteiger charge is -2.18. The number of aryl methyl sites for hydroxylation is 1. The predicted octanol–water partition coefficient (Wildman–Crippen LogP) is 3.86. The highest BCUT2D eigenvalue weighted by atomic mass is 35.5. The van der Waals surface area contributed by atoms with Gasteiger partial charge in [0.05, 0.1) is 5.69 Å². The van der Waals surface area contributed by atoms with Gasteiger partial charge < -0.3 is 5.32 Å². The van der Waals surface area contributed by atoms with Crippen LogP contribution in [0.15, 0.2) is 36.0 Å². The average molecular weight is 306 g/mol. The lowest BCUT2D eigenvalue weighted by atomic mass is 9.98. The highest BCUT2D eigenvalue weighted by molar-refractivity contribution is 7.15. The maximum Gasteiger partial charge on any atom is 0.193 e. The normalized spacial score (nSPS) is 12.9. The molecule has 0 amide bonds. The van der Waals surface area contributed by atoms with E-state index in [0.29, 0.717) is 0 Å². The second kappa shape index (κ2) is 5.56. The van der Waals surface area contributed by atoms with Crippen molar-refractivity contribution < 1.29 is 0 Å². The van der Waals surface area contributed by atoms with E-state index in [9.17, 15) is 0 Å². The van der Waals surface area contributed by atoms with Crippen molar-refractivity contribution in [1.82, 2.24) is 14.7 Å². The molecule has 2 aromatic heterocycles. The largest absolute Gasteiger partial charge is 0.313 e. The minimum Gasteiger partial charge on any atom is -0.313 e. The van der Waals surface area contributed by atoms with Crippen LogP contribution in [0.3, 0.4) is 0 Å². The second-order valence-electron chi connectivity index (χ2n) is 4.87. The van der Waals surface area contributed by atoms with E-state index < -0.39 is 0 Å². The number of halogens is 1. The highest BCUT2D eigenvalue weighted by Crippen LogP contribution is 2.24. The molecule has 0 aliphatic rings. The molecular weight excluding hydrogens is 290 g/mol. The molecule has 1 atom stereocenters. The number of hydrogen-bond donors (Lipinski definition) is 1. The topological polar surface area (TPSA) is 29.3 Å². The fourth-order valence-electron chi connectivity index (χ4n) is 2.48. The predicted molar refractivity (Wildman–Crippen MR) is 84.8 cm³/mol. The number of thiazole rings is 1. The van der Waals surface area contributed by atoms with Gasteiger partial charge in [-0.2, -0.15) is 0 Å². The van der Waals surface area contributed by atoms with Crippen LogP contribution in [0.1, 0.15) is 22.9 Å². The summed E-state index contributed by atoms with van der Waals surface area (Å²) >= 11 is 7.69. The summed E-state index contributed by atoms with van der Waals surface area (Å²) < 4.78 is 2.07. The summed E-state index contributed by atoms with van der Waals surface area (Å²) in [5.41, 5.74) is 3.58. The Labute approximate surface area is 127 Å². The Balaban J connectivity index is 1.88. The van der Waals surface area contributed by atoms with Gasteiger partial charge in [-0.1, -0.05) is 17.7 Å². The third-order valence-corrected chi connectivity index (χ3v) is 4.52. The molecule has 5 heteroatoms. The minimum absolute atomic E-state index is 0.247. The number of hydrogen-bond acceptors (Lipinski definition) is 3. The Morgan fingerprint density at radius 1 is 1.45 bits per heavy atom. The van der Waals surface area contributed by atoms with Crippen LogP contribution in [0.4, 0.5) is 0 Å². The van der Waals surface area contributed by atoms with Crippen molar-refractivity contribution in [2.45, 2.75) is 19.4 Å². The summed E-state index contributed by atoms with van der Waals surface area (Å²) in [6.45, 7) is 2.09. The number of likely N-dealkylation sites (N-methyl/N-ethyl adjacent to an activating group) is 1. The van der Waals surface area contributed by atoms with Gasteiger partial charge in [0.2, 0.25) is 0 Å². The van der Waals surface area contributed by atoms with E-state index in [4.69, 9.17) is 11.6 Å². The van der Waals surface area contributed by atoms with E-state index in [-0.39, 0.29) is 6.04 Å². The van der Waals surface area contributed by atoms with Crippen molar-refractivity contribution in [3.8, 4) is 0 Å². The van der Waals surface area contributed by atoms with Crippen molar-refractivity contribution in [1.29, 1.82) is 0 Å². The molecule has 1 aromatic carbocycles. The maximum absolute atomic E-state index is 6.03. The van der Waals surface area contributed by atoms with Crippen molar-refractivity contribution in [2.24, 2.45) is 0 Å². The molecule has 0 spiro atoms. The maximum atomic E-state index is 6.03. The zero-order valence-electron chi connectivity index (χ0n) is 11.4. The van der Waals surface area contributed by atoms with Gasteiger partial charge in [0.25, 0.3) is 0 Å². The van der Waals surface area contributed by atoms with E-state index in [1.807, 2.05) is 30.8 Å². The smallest absolute Gasteiger partial charge is 0.193 e. The molecule has 1 N–H and O–H groups in total. The van der Waals surface area contributed by atoms with E-state index in [0.717, 1.165) is 22.1 Å². The fraction of sp³-hybridized carbons (Fsp3) is 0.267. The molecule has 20 heavy (non-hydrogen) atoms. The summed E-state index contributed by atoms with van der Waals surface area (Å²) in [7, 11) is 1.98. The number of benzene rings is 1. The SMILES string of the molecule is CNC(Cc1cn2ccsc2n1)c1ccc(Cl)cc1C. The number of nitrogens with zero attached hydrogens (tertiary/aromatic N) is 2. The first kappa shape index (κ1) is 13.6. The number of fused-ring (bicyclic) bond motifs is 1. The highest BCUT2D eigenvalue weighted by Gasteiger charge is 2.15. The lowest BCUT2D eigenvalue weighted by molar-refractivity contribution is 0.583. The quantitative estimate of drug-likeness (QED) is 0.793. The van der Waals surface area contributed by atoms with Crippen LogP contribution in [0.2, 0.25) is 5.02 Å². The number of aromatic nitrogens is 2. The number of rotatable bonds is 4. The van der Waals surface area contributed by atoms with Crippen LogP contribution in [0.25, 0.3) is 4.96 Å². The first-order valence-corrected chi connectivity index (χ1v) is 7.77. The molecule has 0 aliphatic heterocycles. The summed E-state index contributed by atoms with van der Waals surface area (Å²) in [5, 5.41) is 6.20. The number of imidazole rings is 1. The summed E-state index contributed by atoms with van der Waals surface area (Å²) in [6, 6.07) is 6.29. The number of nitrogens with one attached hydrogen (secondary N) is 1. The van der Waals surface area contributed by atoms with E-state index in [2.05, 4.69) is 33.9 Å². The van der Waals surface area contributed by atoms with Gasteiger partial charge >= 0.3 is 0 Å². The van der Waals surface area contributed by atoms with Gasteiger partial charge in [-0.15, -0.1) is 11.3 Å². The fourth-order valence-corrected chi connectivity index (χ4v) is 3.43. The summed E-state index contributed by atoms with van der Waals surface area (Å²) in [6.07, 6.45) is 5.01. The van der Waals surface area contributed by atoms with Crippen molar-refractivity contribution in [2.75, 3.05) is 7.05 Å². The van der Waals surface area contributed by atoms with E-state index >= 15 is 0 Å². The van der Waals surface area contributed by atoms with E-state index in [1.165, 1.54) is 11.1 Å². The van der Waals surface area contributed by atoms with Crippen LogP contribution >= 0.6 is 22.9 Å². The van der Waals surface area contributed by atoms with Crippen molar-refractivity contribution >= 4 is 27.9 Å². The molecule has 3 aromatic rings. The van der Waals surface area contributed by atoms with Crippen LogP contribution < -0.4 is 5.32 Å². The molecule has 3 rings (SSSR count). The van der Waals surface area contributed by atoms with Crippen LogP contribution in [0, 0.1) is 6.92 Å². The Morgan fingerprint density at radius 3 is 3.00 bits per heavy atom. The third kappa shape index (κ3) is 2.59. The standard InChI is InChI=1S/C15H16ClN3S/c1-10-7-11(16)3-4-13(10)14(17-2)8-12-9-19-5-6-20-15(19)18-12/h3-7,9,14,17H,8H2,1-2H3. The monoisotopic (exact) mass is 305 g/mol. The molecule has 3 nitrogen and oxygen atoms in total. The van der Waals surface area contributed by atoms with Gasteiger partial charge in [0.15, 0.2) is 4.96 Å². The second-order valence-corrected chi connectivity index (χ2v) is 6.18. The molecule has 0 fully saturated rings. The Kier molecular flexibility index (Phi) is 3.78. The molecule has 0 radical (unpaired) electrons. The average Bonchev–Trinajstić information content (AvgIpc) is 2.97. The lowest BCUT2D eigenvalue weighted by Crippen LogP contribution is -2.20. The van der Waals surface area contributed by atoms with Gasteiger partial charge in [0, 0.05) is 35.3 Å². The van der Waals surface area contributed by atoms with Gasteiger partial charge in [-0.3, -0.25) is 4.40 Å². The summed E-state index contributed by atoms with van der Waals surface area (Å²) in [5.74, 6) is 0. The van der Waals surface area contributed by atoms with Gasteiger partial charge in [-0.05, 0) is 37.2 Å². The van der Waals surface area contributed by atoms with Crippen LogP contribution in [-0.2, 0) is 6.42 Å². The molecule has 104 valence electrons. The first-order chi connectivity index (χ1) is 9.67. The van der Waals surface area contributed by atoms with Crippen molar-refractivity contribution in [3.05, 3.63) is 57.8 Å². The third-order valence-electron chi connectivity index (χ3n) is 3.51. The zero-order valence-corrected chi connectivity index (χ0v) is 13.0. The van der Waals surface area contributed by atoms with Gasteiger partial charge in [0.1, 0.15) is 0 Å². The van der Waals surface area contributed by atoms with Crippen molar-refractivity contribution in [3.63, 3.8) is 0 Å². The zero-order chi connectivity index (χ0) is 14.1. The molecule has 1 unspecified atom stereocenters. The molecule has 0 aliphatic carbocycles. The molecule has 0 saturated carbocycles. The Hall–Kier alpha value is -1.36. The van der Waals surface area contributed by atoms with Crippen LogP contribution in [0.5, 0.6) is 0 Å².